The third-order valence-corrected chi connectivity index (χ3v) is 3.29. The Morgan fingerprint density at radius 1 is 1.11 bits per heavy atom. The number of hydrogen-bond donors (Lipinski definition) is 2. The number of anilines is 1. The summed E-state index contributed by atoms with van der Waals surface area (Å²) in [5, 5.41) is 6.24. The number of methoxy groups -OCH3 is 1. The quantitative estimate of drug-likeness (QED) is 0.311. The first-order valence-electron chi connectivity index (χ1n) is 8.13. The maximum Gasteiger partial charge on any atom is 0.343 e. The van der Waals surface area contributed by atoms with Crippen LogP contribution in [-0.4, -0.2) is 37.7 Å². The molecule has 0 saturated carbocycles. The molecule has 0 fully saturated rings. The van der Waals surface area contributed by atoms with E-state index in [2.05, 4.69) is 20.6 Å². The van der Waals surface area contributed by atoms with Gasteiger partial charge in [-0.1, -0.05) is 12.1 Å². The predicted molar refractivity (Wildman–Crippen MR) is 99.3 cm³/mol. The Balaban J connectivity index is 1.80. The highest BCUT2D eigenvalue weighted by Crippen LogP contribution is 2.12. The fourth-order valence-electron chi connectivity index (χ4n) is 1.99. The summed E-state index contributed by atoms with van der Waals surface area (Å²) in [7, 11) is 1.26. The van der Waals surface area contributed by atoms with Crippen molar-refractivity contribution in [2.45, 2.75) is 6.42 Å². The molecular weight excluding hydrogens is 369 g/mol. The van der Waals surface area contributed by atoms with E-state index in [1.54, 1.807) is 24.3 Å². The minimum absolute atomic E-state index is 0.225. The fourth-order valence-corrected chi connectivity index (χ4v) is 1.99. The lowest BCUT2D eigenvalue weighted by atomic mass is 10.2. The molecule has 2 aromatic carbocycles. The number of carbonyl (C=O) groups is 3. The molecule has 0 bridgehead atoms. The third kappa shape index (κ3) is 7.24. The van der Waals surface area contributed by atoms with Crippen molar-refractivity contribution >= 4 is 29.7 Å². The minimum Gasteiger partial charge on any atom is -0.482 e. The van der Waals surface area contributed by atoms with E-state index in [1.165, 1.54) is 37.6 Å². The van der Waals surface area contributed by atoms with E-state index in [4.69, 9.17) is 4.74 Å². The summed E-state index contributed by atoms with van der Waals surface area (Å²) in [6.07, 6.45) is 0.914. The zero-order chi connectivity index (χ0) is 20.4. The van der Waals surface area contributed by atoms with Crippen LogP contribution in [-0.2, 0) is 19.1 Å². The Kier molecular flexibility index (Phi) is 7.64. The Morgan fingerprint density at radius 3 is 2.57 bits per heavy atom. The number of rotatable bonds is 8. The van der Waals surface area contributed by atoms with E-state index in [0.29, 0.717) is 17.0 Å². The van der Waals surface area contributed by atoms with E-state index in [-0.39, 0.29) is 6.61 Å². The maximum absolute atomic E-state index is 12.8. The van der Waals surface area contributed by atoms with Gasteiger partial charge in [0, 0.05) is 5.69 Å². The van der Waals surface area contributed by atoms with Gasteiger partial charge in [0.15, 0.2) is 6.61 Å². The lowest BCUT2D eigenvalue weighted by Crippen LogP contribution is -2.24. The van der Waals surface area contributed by atoms with Crippen LogP contribution in [0.2, 0.25) is 0 Å². The first kappa shape index (κ1) is 20.6. The number of amides is 2. The largest absolute Gasteiger partial charge is 0.482 e. The zero-order valence-electron chi connectivity index (χ0n) is 15.0. The van der Waals surface area contributed by atoms with Crippen molar-refractivity contribution in [3.05, 3.63) is 59.9 Å². The van der Waals surface area contributed by atoms with E-state index in [0.717, 1.165) is 0 Å². The highest BCUT2D eigenvalue weighted by Gasteiger charge is 2.09. The Labute approximate surface area is 160 Å². The van der Waals surface area contributed by atoms with Crippen molar-refractivity contribution in [3.8, 4) is 5.75 Å². The minimum atomic E-state index is -0.617. The molecule has 9 heteroatoms. The molecule has 0 aliphatic rings. The summed E-state index contributed by atoms with van der Waals surface area (Å²) in [6.45, 7) is -0.225. The summed E-state index contributed by atoms with van der Waals surface area (Å²) < 4.78 is 22.5. The van der Waals surface area contributed by atoms with Gasteiger partial charge in [-0.2, -0.15) is 5.10 Å². The molecule has 0 heterocycles. The molecule has 0 radical (unpaired) electrons. The number of nitrogens with zero attached hydrogens (tertiary/aromatic N) is 1. The van der Waals surface area contributed by atoms with Gasteiger partial charge in [0.05, 0.1) is 13.3 Å². The molecule has 2 aromatic rings. The summed E-state index contributed by atoms with van der Waals surface area (Å²) in [5.41, 5.74) is 3.22. The molecule has 28 heavy (non-hydrogen) atoms. The summed E-state index contributed by atoms with van der Waals surface area (Å²) in [5.74, 6) is -1.68. The molecule has 0 spiro atoms. The van der Waals surface area contributed by atoms with Crippen molar-refractivity contribution in [2.24, 2.45) is 5.10 Å². The second-order valence-corrected chi connectivity index (χ2v) is 5.46. The molecular formula is C19H18FN3O5. The van der Waals surface area contributed by atoms with Crippen LogP contribution in [0, 0.1) is 5.82 Å². The van der Waals surface area contributed by atoms with Crippen LogP contribution < -0.4 is 15.5 Å². The number of esters is 1. The van der Waals surface area contributed by atoms with E-state index in [1.807, 2.05) is 0 Å². The monoisotopic (exact) mass is 387 g/mol. The fraction of sp³-hybridized carbons (Fsp3) is 0.158. The Hall–Kier alpha value is -3.75. The summed E-state index contributed by atoms with van der Waals surface area (Å²) >= 11 is 0. The van der Waals surface area contributed by atoms with Gasteiger partial charge in [0.25, 0.3) is 0 Å². The highest BCUT2D eigenvalue weighted by molar-refractivity contribution is 6.03. The topological polar surface area (TPSA) is 106 Å². The van der Waals surface area contributed by atoms with Crippen LogP contribution >= 0.6 is 0 Å². The first-order chi connectivity index (χ1) is 13.5. The van der Waals surface area contributed by atoms with Gasteiger partial charge >= 0.3 is 5.97 Å². The van der Waals surface area contributed by atoms with Crippen molar-refractivity contribution in [1.82, 2.24) is 5.43 Å². The molecule has 0 saturated heterocycles. The molecule has 2 rings (SSSR count). The van der Waals surface area contributed by atoms with Crippen molar-refractivity contribution in [3.63, 3.8) is 0 Å². The summed E-state index contributed by atoms with van der Waals surface area (Å²) in [6, 6.07) is 11.8. The lowest BCUT2D eigenvalue weighted by molar-refractivity contribution is -0.143. The molecule has 2 amide bonds. The van der Waals surface area contributed by atoms with Crippen LogP contribution in [0.25, 0.3) is 0 Å². The molecule has 0 unspecified atom stereocenters. The van der Waals surface area contributed by atoms with Crippen LogP contribution in [0.4, 0.5) is 10.1 Å². The smallest absolute Gasteiger partial charge is 0.343 e. The van der Waals surface area contributed by atoms with Gasteiger partial charge in [0.2, 0.25) is 11.8 Å². The second kappa shape index (κ2) is 10.4. The van der Waals surface area contributed by atoms with Gasteiger partial charge in [-0.3, -0.25) is 9.59 Å². The number of hydrazone groups is 1. The SMILES string of the molecule is COC(=O)COc1cccc(C=NNC(=O)CC(=O)Nc2ccc(F)cc2)c1. The summed E-state index contributed by atoms with van der Waals surface area (Å²) in [4.78, 5) is 34.6. The predicted octanol–water partition coefficient (Wildman–Crippen LogP) is 1.86. The van der Waals surface area contributed by atoms with E-state index >= 15 is 0 Å². The van der Waals surface area contributed by atoms with Crippen molar-refractivity contribution < 1.29 is 28.2 Å². The number of halogens is 1. The zero-order valence-corrected chi connectivity index (χ0v) is 15.0. The van der Waals surface area contributed by atoms with Gasteiger partial charge in [-0.15, -0.1) is 0 Å². The Morgan fingerprint density at radius 2 is 1.86 bits per heavy atom. The normalized spacial score (nSPS) is 10.4. The van der Waals surface area contributed by atoms with Crippen LogP contribution in [0.5, 0.6) is 5.75 Å². The van der Waals surface area contributed by atoms with Crippen molar-refractivity contribution in [2.75, 3.05) is 19.0 Å². The molecule has 2 N–H and O–H groups in total. The van der Waals surface area contributed by atoms with Crippen LogP contribution in [0.1, 0.15) is 12.0 Å². The van der Waals surface area contributed by atoms with Gasteiger partial charge < -0.3 is 14.8 Å². The van der Waals surface area contributed by atoms with Crippen molar-refractivity contribution in [1.29, 1.82) is 0 Å². The van der Waals surface area contributed by atoms with Crippen LogP contribution in [0.3, 0.4) is 0 Å². The lowest BCUT2D eigenvalue weighted by Gasteiger charge is -2.05. The molecule has 8 nitrogen and oxygen atoms in total. The molecule has 0 atom stereocenters. The second-order valence-electron chi connectivity index (χ2n) is 5.46. The molecule has 0 aliphatic heterocycles. The average Bonchev–Trinajstić information content (AvgIpc) is 2.68. The standard InChI is InChI=1S/C19H18FN3O5/c1-27-19(26)12-28-16-4-2-3-13(9-16)11-21-23-18(25)10-17(24)22-15-7-5-14(20)6-8-15/h2-9,11H,10,12H2,1H3,(H,22,24)(H,23,25). The molecule has 146 valence electrons. The molecule has 0 aromatic heterocycles. The van der Waals surface area contributed by atoms with Gasteiger partial charge in [-0.25, -0.2) is 14.6 Å². The number of carbonyl (C=O) groups excluding carboxylic acids is 3. The number of nitrogens with one attached hydrogen (secondary N) is 2. The van der Waals surface area contributed by atoms with Crippen LogP contribution in [0.15, 0.2) is 53.6 Å². The number of ether oxygens (including phenoxy) is 2. The third-order valence-electron chi connectivity index (χ3n) is 3.29. The Bertz CT molecular complexity index is 868. The number of benzene rings is 2. The number of hydrogen-bond acceptors (Lipinski definition) is 6. The van der Waals surface area contributed by atoms with Gasteiger partial charge in [0.1, 0.15) is 18.0 Å². The van der Waals surface area contributed by atoms with E-state index in [9.17, 15) is 18.8 Å². The highest BCUT2D eigenvalue weighted by atomic mass is 19.1. The molecule has 0 aliphatic carbocycles. The average molecular weight is 387 g/mol. The first-order valence-corrected chi connectivity index (χ1v) is 8.13. The van der Waals surface area contributed by atoms with Gasteiger partial charge in [-0.05, 0) is 42.0 Å². The maximum atomic E-state index is 12.8. The van der Waals surface area contributed by atoms with E-state index < -0.39 is 30.0 Å².